The molecule has 1 heterocycles. The molecule has 4 N–H and O–H groups in total. The Kier molecular flexibility index (Phi) is 10.3. The van der Waals surface area contributed by atoms with Gasteiger partial charge in [0.1, 0.15) is 6.04 Å². The number of nitrogens with two attached hydrogens (primary N) is 1. The van der Waals surface area contributed by atoms with Gasteiger partial charge in [0, 0.05) is 24.2 Å². The number of para-hydroxylation sites is 1. The van der Waals surface area contributed by atoms with Crippen molar-refractivity contribution in [3.63, 3.8) is 0 Å². The number of aryl methyl sites for hydroxylation is 1. The van der Waals surface area contributed by atoms with E-state index in [1.807, 2.05) is 65.6 Å². The SMILES string of the molecule is CC(C)(N)C(=O)N[C@H](CCCc1ccccc1)C(=O)N1CCC2(CC1)C[C@@H](C(=O)Nc1ccccc1)c1ccccc12.Cl. The Hall–Kier alpha value is -3.68. The molecule has 0 unspecified atom stereocenters. The van der Waals surface area contributed by atoms with Gasteiger partial charge < -0.3 is 21.3 Å². The van der Waals surface area contributed by atoms with Gasteiger partial charge in [-0.25, -0.2) is 0 Å². The van der Waals surface area contributed by atoms with Crippen molar-refractivity contribution in [2.24, 2.45) is 5.73 Å². The Morgan fingerprint density at radius 2 is 1.53 bits per heavy atom. The molecule has 7 nitrogen and oxygen atoms in total. The summed E-state index contributed by atoms with van der Waals surface area (Å²) in [5.74, 6) is -0.610. The van der Waals surface area contributed by atoms with E-state index in [2.05, 4.69) is 34.9 Å². The summed E-state index contributed by atoms with van der Waals surface area (Å²) in [5, 5.41) is 6.05. The summed E-state index contributed by atoms with van der Waals surface area (Å²) < 4.78 is 0. The molecular formula is C35H43ClN4O3. The molecule has 1 spiro atoms. The van der Waals surface area contributed by atoms with Crippen LogP contribution < -0.4 is 16.4 Å². The smallest absolute Gasteiger partial charge is 0.245 e. The van der Waals surface area contributed by atoms with Gasteiger partial charge in [-0.3, -0.25) is 14.4 Å². The van der Waals surface area contributed by atoms with Crippen molar-refractivity contribution in [1.82, 2.24) is 10.2 Å². The van der Waals surface area contributed by atoms with Crippen molar-refractivity contribution in [3.05, 3.63) is 102 Å². The van der Waals surface area contributed by atoms with Crippen LogP contribution in [-0.4, -0.2) is 47.3 Å². The van der Waals surface area contributed by atoms with Gasteiger partial charge in [-0.05, 0) is 81.2 Å². The van der Waals surface area contributed by atoms with E-state index in [4.69, 9.17) is 5.73 Å². The van der Waals surface area contributed by atoms with Crippen LogP contribution in [0.2, 0.25) is 0 Å². The molecule has 3 aromatic rings. The Morgan fingerprint density at radius 1 is 0.930 bits per heavy atom. The van der Waals surface area contributed by atoms with Gasteiger partial charge >= 0.3 is 0 Å². The number of benzene rings is 3. The third kappa shape index (κ3) is 7.46. The van der Waals surface area contributed by atoms with E-state index in [-0.39, 0.29) is 41.5 Å². The zero-order valence-corrected chi connectivity index (χ0v) is 25.9. The average Bonchev–Trinajstić information content (AvgIpc) is 3.31. The van der Waals surface area contributed by atoms with Gasteiger partial charge in [-0.1, -0.05) is 72.8 Å². The third-order valence-corrected chi connectivity index (χ3v) is 8.88. The first-order chi connectivity index (χ1) is 20.2. The molecule has 3 aromatic carbocycles. The number of anilines is 1. The van der Waals surface area contributed by atoms with Crippen LogP contribution in [0.15, 0.2) is 84.9 Å². The molecule has 3 amide bonds. The number of piperidine rings is 1. The van der Waals surface area contributed by atoms with Crippen LogP contribution in [0.5, 0.6) is 0 Å². The summed E-state index contributed by atoms with van der Waals surface area (Å²) in [6.07, 6.45) is 4.43. The lowest BCUT2D eigenvalue weighted by Crippen LogP contribution is -2.57. The molecule has 8 heteroatoms. The van der Waals surface area contributed by atoms with Crippen LogP contribution >= 0.6 is 12.4 Å². The summed E-state index contributed by atoms with van der Waals surface area (Å²) in [4.78, 5) is 42.0. The van der Waals surface area contributed by atoms with E-state index in [0.717, 1.165) is 43.4 Å². The maximum Gasteiger partial charge on any atom is 0.245 e. The fourth-order valence-electron chi connectivity index (χ4n) is 6.48. The molecule has 2 atom stereocenters. The van der Waals surface area contributed by atoms with Crippen molar-refractivity contribution in [1.29, 1.82) is 0 Å². The number of carbonyl (C=O) groups is 3. The van der Waals surface area contributed by atoms with Crippen molar-refractivity contribution in [2.45, 2.75) is 75.3 Å². The largest absolute Gasteiger partial charge is 0.343 e. The number of nitrogens with zero attached hydrogens (tertiary/aromatic N) is 1. The molecule has 1 fully saturated rings. The van der Waals surface area contributed by atoms with Crippen molar-refractivity contribution < 1.29 is 14.4 Å². The predicted octanol–water partition coefficient (Wildman–Crippen LogP) is 5.34. The molecule has 0 saturated carbocycles. The number of rotatable bonds is 9. The molecule has 0 bridgehead atoms. The van der Waals surface area contributed by atoms with Gasteiger partial charge in [0.05, 0.1) is 11.5 Å². The molecular weight excluding hydrogens is 560 g/mol. The number of likely N-dealkylation sites (tertiary alicyclic amines) is 1. The van der Waals surface area contributed by atoms with Gasteiger partial charge in [-0.2, -0.15) is 0 Å². The Bertz CT molecular complexity index is 1400. The first-order valence-corrected chi connectivity index (χ1v) is 15.0. The molecule has 5 rings (SSSR count). The minimum absolute atomic E-state index is 0. The second kappa shape index (κ2) is 13.7. The lowest BCUT2D eigenvalue weighted by molar-refractivity contribution is -0.139. The van der Waals surface area contributed by atoms with Gasteiger partial charge in [0.25, 0.3) is 0 Å². The predicted molar refractivity (Wildman–Crippen MR) is 173 cm³/mol. The molecule has 1 aliphatic carbocycles. The molecule has 2 aliphatic rings. The number of nitrogens with one attached hydrogen (secondary N) is 2. The highest BCUT2D eigenvalue weighted by molar-refractivity contribution is 5.97. The second-order valence-corrected chi connectivity index (χ2v) is 12.4. The maximum absolute atomic E-state index is 13.8. The van der Waals surface area contributed by atoms with Crippen LogP contribution in [-0.2, 0) is 26.2 Å². The van der Waals surface area contributed by atoms with E-state index < -0.39 is 11.6 Å². The number of halogens is 1. The minimum atomic E-state index is -1.08. The minimum Gasteiger partial charge on any atom is -0.343 e. The lowest BCUT2D eigenvalue weighted by Gasteiger charge is -2.41. The zero-order chi connectivity index (χ0) is 29.7. The summed E-state index contributed by atoms with van der Waals surface area (Å²) in [7, 11) is 0. The highest BCUT2D eigenvalue weighted by Gasteiger charge is 2.48. The highest BCUT2D eigenvalue weighted by atomic mass is 35.5. The fourth-order valence-corrected chi connectivity index (χ4v) is 6.48. The highest BCUT2D eigenvalue weighted by Crippen LogP contribution is 2.52. The topological polar surface area (TPSA) is 105 Å². The summed E-state index contributed by atoms with van der Waals surface area (Å²) in [6.45, 7) is 4.47. The quantitative estimate of drug-likeness (QED) is 0.307. The fraction of sp³-hybridized carbons (Fsp3) is 0.400. The van der Waals surface area contributed by atoms with Gasteiger partial charge in [0.15, 0.2) is 0 Å². The first kappa shape index (κ1) is 32.2. The van der Waals surface area contributed by atoms with Gasteiger partial charge in [0.2, 0.25) is 17.7 Å². The van der Waals surface area contributed by atoms with E-state index in [1.165, 1.54) is 11.1 Å². The number of carbonyl (C=O) groups excluding carboxylic acids is 3. The monoisotopic (exact) mass is 602 g/mol. The van der Waals surface area contributed by atoms with Crippen LogP contribution in [0.25, 0.3) is 0 Å². The molecule has 228 valence electrons. The maximum atomic E-state index is 13.8. The van der Waals surface area contributed by atoms with Crippen LogP contribution in [0.1, 0.15) is 68.6 Å². The normalized spacial score (nSPS) is 17.8. The standard InChI is InChI=1S/C35H42N4O3.ClH/c1-34(2,36)33(42)38-30(19-11-14-25-12-5-3-6-13-25)32(41)39-22-20-35(21-23-39)24-28(27-17-9-10-18-29(27)35)31(40)37-26-15-7-4-8-16-26;/h3-10,12-13,15-18,28,30H,11,14,19-24,36H2,1-2H3,(H,37,40)(H,38,42);1H/t28-,30-;/m1./s1. The van der Waals surface area contributed by atoms with E-state index in [1.54, 1.807) is 13.8 Å². The number of hydrogen-bond donors (Lipinski definition) is 3. The number of fused-ring (bicyclic) bond motifs is 2. The van der Waals surface area contributed by atoms with Crippen molar-refractivity contribution >= 4 is 35.8 Å². The summed E-state index contributed by atoms with van der Waals surface area (Å²) >= 11 is 0. The van der Waals surface area contributed by atoms with Crippen molar-refractivity contribution in [2.75, 3.05) is 18.4 Å². The van der Waals surface area contributed by atoms with Crippen LogP contribution in [0.3, 0.4) is 0 Å². The molecule has 1 aliphatic heterocycles. The summed E-state index contributed by atoms with van der Waals surface area (Å²) in [6, 6.07) is 27.4. The van der Waals surface area contributed by atoms with E-state index in [9.17, 15) is 14.4 Å². The molecule has 1 saturated heterocycles. The Morgan fingerprint density at radius 3 is 2.19 bits per heavy atom. The molecule has 43 heavy (non-hydrogen) atoms. The first-order valence-electron chi connectivity index (χ1n) is 15.0. The molecule has 0 radical (unpaired) electrons. The number of amides is 3. The summed E-state index contributed by atoms with van der Waals surface area (Å²) in [5.41, 5.74) is 9.15. The van der Waals surface area contributed by atoms with Crippen LogP contribution in [0.4, 0.5) is 5.69 Å². The van der Waals surface area contributed by atoms with Crippen LogP contribution in [0, 0.1) is 0 Å². The lowest BCUT2D eigenvalue weighted by atomic mass is 9.73. The zero-order valence-electron chi connectivity index (χ0n) is 25.1. The van der Waals surface area contributed by atoms with Crippen molar-refractivity contribution in [3.8, 4) is 0 Å². The average molecular weight is 603 g/mol. The number of hydrogen-bond acceptors (Lipinski definition) is 4. The Balaban J connectivity index is 0.00000423. The van der Waals surface area contributed by atoms with E-state index in [0.29, 0.717) is 19.5 Å². The Labute approximate surface area is 261 Å². The second-order valence-electron chi connectivity index (χ2n) is 12.4. The third-order valence-electron chi connectivity index (χ3n) is 8.88. The molecule has 0 aromatic heterocycles. The van der Waals surface area contributed by atoms with Gasteiger partial charge in [-0.15, -0.1) is 12.4 Å². The van der Waals surface area contributed by atoms with E-state index >= 15 is 0 Å².